The second-order valence-electron chi connectivity index (χ2n) is 4.60. The average Bonchev–Trinajstić information content (AvgIpc) is 2.56. The van der Waals surface area contributed by atoms with Crippen LogP contribution in [0, 0.1) is 17.5 Å². The lowest BCUT2D eigenvalue weighted by Crippen LogP contribution is -2.21. The van der Waals surface area contributed by atoms with Gasteiger partial charge in [-0.15, -0.1) is 0 Å². The van der Waals surface area contributed by atoms with Crippen LogP contribution in [0.15, 0.2) is 30.3 Å². The number of carbonyl (C=O) groups is 1. The number of ether oxygens (including phenoxy) is 3. The molecule has 0 radical (unpaired) electrons. The van der Waals surface area contributed by atoms with E-state index in [0.29, 0.717) is 29.3 Å². The van der Waals surface area contributed by atoms with Gasteiger partial charge in [0.1, 0.15) is 11.5 Å². The number of hydrogen-bond acceptors (Lipinski definition) is 4. The zero-order valence-electron chi connectivity index (χ0n) is 12.9. The minimum atomic E-state index is -1.34. The summed E-state index contributed by atoms with van der Waals surface area (Å²) in [5.41, 5.74) is 0.316. The van der Waals surface area contributed by atoms with E-state index >= 15 is 0 Å². The first kappa shape index (κ1) is 17.5. The molecule has 8 heteroatoms. The van der Waals surface area contributed by atoms with Gasteiger partial charge in [-0.25, -0.2) is 13.2 Å². The number of hydrogen-bond donors (Lipinski definition) is 1. The van der Waals surface area contributed by atoms with Gasteiger partial charge in [0, 0.05) is 18.2 Å². The molecule has 2 aromatic carbocycles. The lowest BCUT2D eigenvalue weighted by Gasteiger charge is -2.12. The topological polar surface area (TPSA) is 56.8 Å². The van der Waals surface area contributed by atoms with Crippen molar-refractivity contribution in [1.29, 1.82) is 0 Å². The lowest BCUT2D eigenvalue weighted by atomic mass is 10.2. The molecule has 2 aromatic rings. The number of carbonyl (C=O) groups excluding carboxylic acids is 1. The van der Waals surface area contributed by atoms with Gasteiger partial charge >= 0.3 is 0 Å². The van der Waals surface area contributed by atoms with Gasteiger partial charge in [-0.2, -0.15) is 0 Å². The quantitative estimate of drug-likeness (QED) is 0.820. The summed E-state index contributed by atoms with van der Waals surface area (Å²) in [7, 11) is 2.88. The predicted molar refractivity (Wildman–Crippen MR) is 80.0 cm³/mol. The molecule has 24 heavy (non-hydrogen) atoms. The zero-order valence-corrected chi connectivity index (χ0v) is 12.9. The average molecular weight is 341 g/mol. The molecule has 0 atom stereocenters. The standard InChI is InChI=1S/C16H14F3NO4/c1-22-9-3-4-14(23-2)13(5-9)20-16(21)8-24-15-7-11(18)10(17)6-12(15)19/h3-7H,8H2,1-2H3,(H,20,21). The smallest absolute Gasteiger partial charge is 0.262 e. The number of methoxy groups -OCH3 is 2. The van der Waals surface area contributed by atoms with E-state index in [1.54, 1.807) is 12.1 Å². The molecule has 2 rings (SSSR count). The first-order valence-electron chi connectivity index (χ1n) is 6.73. The molecule has 128 valence electrons. The van der Waals surface area contributed by atoms with Gasteiger partial charge in [0.25, 0.3) is 5.91 Å². The van der Waals surface area contributed by atoms with Crippen LogP contribution in [-0.2, 0) is 4.79 Å². The molecular weight excluding hydrogens is 327 g/mol. The summed E-state index contributed by atoms with van der Waals surface area (Å²) in [5.74, 6) is -4.08. The maximum Gasteiger partial charge on any atom is 0.262 e. The minimum absolute atomic E-state index is 0.316. The third-order valence-corrected chi connectivity index (χ3v) is 3.01. The Labute approximate surface area is 135 Å². The Morgan fingerprint density at radius 1 is 0.958 bits per heavy atom. The van der Waals surface area contributed by atoms with Crippen molar-refractivity contribution in [2.45, 2.75) is 0 Å². The number of anilines is 1. The fourth-order valence-electron chi connectivity index (χ4n) is 1.86. The van der Waals surface area contributed by atoms with E-state index in [4.69, 9.17) is 14.2 Å². The fourth-order valence-corrected chi connectivity index (χ4v) is 1.86. The van der Waals surface area contributed by atoms with Crippen LogP contribution in [-0.4, -0.2) is 26.7 Å². The van der Waals surface area contributed by atoms with E-state index in [1.807, 2.05) is 0 Å². The Morgan fingerprint density at radius 2 is 1.67 bits per heavy atom. The van der Waals surface area contributed by atoms with Crippen molar-refractivity contribution in [3.8, 4) is 17.2 Å². The molecule has 0 heterocycles. The van der Waals surface area contributed by atoms with E-state index in [0.717, 1.165) is 0 Å². The molecule has 0 bridgehead atoms. The van der Waals surface area contributed by atoms with Crippen LogP contribution in [0.1, 0.15) is 0 Å². The molecule has 1 N–H and O–H groups in total. The second-order valence-corrected chi connectivity index (χ2v) is 4.60. The van der Waals surface area contributed by atoms with E-state index in [2.05, 4.69) is 5.32 Å². The summed E-state index contributed by atoms with van der Waals surface area (Å²) in [6.45, 7) is -0.609. The predicted octanol–water partition coefficient (Wildman–Crippen LogP) is 3.14. The summed E-state index contributed by atoms with van der Waals surface area (Å²) in [4.78, 5) is 11.9. The molecule has 0 unspecified atom stereocenters. The van der Waals surface area contributed by atoms with Gasteiger partial charge < -0.3 is 19.5 Å². The molecule has 0 spiro atoms. The highest BCUT2D eigenvalue weighted by Crippen LogP contribution is 2.29. The highest BCUT2D eigenvalue weighted by Gasteiger charge is 2.14. The summed E-state index contributed by atoms with van der Waals surface area (Å²) in [6, 6.07) is 5.62. The zero-order chi connectivity index (χ0) is 17.7. The Balaban J connectivity index is 2.05. The molecule has 0 aliphatic heterocycles. The number of halogens is 3. The maximum atomic E-state index is 13.4. The third kappa shape index (κ3) is 4.09. The van der Waals surface area contributed by atoms with Crippen LogP contribution in [0.25, 0.3) is 0 Å². The third-order valence-electron chi connectivity index (χ3n) is 3.01. The summed E-state index contributed by atoms with van der Waals surface area (Å²) >= 11 is 0. The fraction of sp³-hybridized carbons (Fsp3) is 0.188. The van der Waals surface area contributed by atoms with Crippen LogP contribution in [0.4, 0.5) is 18.9 Å². The van der Waals surface area contributed by atoms with Crippen molar-refractivity contribution in [3.63, 3.8) is 0 Å². The molecular formula is C16H14F3NO4. The van der Waals surface area contributed by atoms with Gasteiger partial charge in [0.05, 0.1) is 19.9 Å². The summed E-state index contributed by atoms with van der Waals surface area (Å²) < 4.78 is 54.3. The second kappa shape index (κ2) is 7.58. The molecule has 0 aromatic heterocycles. The van der Waals surface area contributed by atoms with Crippen LogP contribution in [0.2, 0.25) is 0 Å². The van der Waals surface area contributed by atoms with Gasteiger partial charge in [0.15, 0.2) is 29.8 Å². The Hall–Kier alpha value is -2.90. The van der Waals surface area contributed by atoms with Crippen LogP contribution < -0.4 is 19.5 Å². The SMILES string of the molecule is COc1ccc(OC)c(NC(=O)COc2cc(F)c(F)cc2F)c1. The highest BCUT2D eigenvalue weighted by atomic mass is 19.2. The van der Waals surface area contributed by atoms with Gasteiger partial charge in [-0.3, -0.25) is 4.79 Å². The summed E-state index contributed by atoms with van der Waals surface area (Å²) in [5, 5.41) is 2.49. The Kier molecular flexibility index (Phi) is 5.51. The van der Waals surface area contributed by atoms with E-state index in [9.17, 15) is 18.0 Å². The molecule has 0 fully saturated rings. The number of benzene rings is 2. The number of amides is 1. The van der Waals surface area contributed by atoms with E-state index in [1.165, 1.54) is 20.3 Å². The Morgan fingerprint density at radius 3 is 2.33 bits per heavy atom. The van der Waals surface area contributed by atoms with Gasteiger partial charge in [-0.1, -0.05) is 0 Å². The first-order valence-corrected chi connectivity index (χ1v) is 6.73. The molecule has 0 saturated carbocycles. The number of rotatable bonds is 6. The van der Waals surface area contributed by atoms with Crippen molar-refractivity contribution in [2.24, 2.45) is 0 Å². The molecule has 1 amide bonds. The largest absolute Gasteiger partial charge is 0.497 e. The van der Waals surface area contributed by atoms with Crippen LogP contribution in [0.3, 0.4) is 0 Å². The molecule has 0 aliphatic carbocycles. The van der Waals surface area contributed by atoms with E-state index < -0.39 is 35.7 Å². The Bertz CT molecular complexity index is 752. The first-order chi connectivity index (χ1) is 11.4. The maximum absolute atomic E-state index is 13.4. The van der Waals surface area contributed by atoms with Crippen LogP contribution in [0.5, 0.6) is 17.2 Å². The van der Waals surface area contributed by atoms with Gasteiger partial charge in [-0.05, 0) is 12.1 Å². The van der Waals surface area contributed by atoms with Crippen molar-refractivity contribution in [3.05, 3.63) is 47.8 Å². The summed E-state index contributed by atoms with van der Waals surface area (Å²) in [6.07, 6.45) is 0. The van der Waals surface area contributed by atoms with Gasteiger partial charge in [0.2, 0.25) is 0 Å². The van der Waals surface area contributed by atoms with Crippen molar-refractivity contribution >= 4 is 11.6 Å². The molecule has 0 aliphatic rings. The normalized spacial score (nSPS) is 10.2. The highest BCUT2D eigenvalue weighted by molar-refractivity contribution is 5.93. The van der Waals surface area contributed by atoms with Crippen LogP contribution >= 0.6 is 0 Å². The number of nitrogens with one attached hydrogen (secondary N) is 1. The monoisotopic (exact) mass is 341 g/mol. The van der Waals surface area contributed by atoms with Crippen molar-refractivity contribution in [2.75, 3.05) is 26.1 Å². The van der Waals surface area contributed by atoms with Crippen molar-refractivity contribution in [1.82, 2.24) is 0 Å². The van der Waals surface area contributed by atoms with E-state index in [-0.39, 0.29) is 0 Å². The minimum Gasteiger partial charge on any atom is -0.497 e. The lowest BCUT2D eigenvalue weighted by molar-refractivity contribution is -0.118. The molecule has 5 nitrogen and oxygen atoms in total. The van der Waals surface area contributed by atoms with Crippen molar-refractivity contribution < 1.29 is 32.2 Å². The molecule has 0 saturated heterocycles.